The molecule has 1 aliphatic rings. The lowest BCUT2D eigenvalue weighted by Crippen LogP contribution is -2.39. The zero-order valence-electron chi connectivity index (χ0n) is 14.1. The Morgan fingerprint density at radius 1 is 1.35 bits per heavy atom. The second-order valence-corrected chi connectivity index (χ2v) is 8.92. The zero-order valence-corrected chi connectivity index (χ0v) is 15.0. The van der Waals surface area contributed by atoms with E-state index in [1.165, 1.54) is 13.8 Å². The first-order valence-electron chi connectivity index (χ1n) is 7.62. The summed E-state index contributed by atoms with van der Waals surface area (Å²) in [4.78, 5) is 12.2. The summed E-state index contributed by atoms with van der Waals surface area (Å²) in [6, 6.07) is 5.04. The van der Waals surface area contributed by atoms with Crippen LogP contribution in [-0.4, -0.2) is 32.2 Å². The minimum Gasteiger partial charge on any atom is -0.487 e. The summed E-state index contributed by atoms with van der Waals surface area (Å²) >= 11 is 0. The number of hydrogen-bond acceptors (Lipinski definition) is 5. The van der Waals surface area contributed by atoms with Crippen molar-refractivity contribution in [3.8, 4) is 5.75 Å². The van der Waals surface area contributed by atoms with Gasteiger partial charge in [-0.15, -0.1) is 0 Å². The molecule has 0 bridgehead atoms. The molecule has 0 spiro atoms. The number of fused-ring (bicyclic) bond motifs is 1. The molecule has 0 fully saturated rings. The SMILES string of the molecule is CNC1CC(C)(C)Oc2ccc(C(=O)NS(=O)(=O)C(C)C)cc21. The van der Waals surface area contributed by atoms with Crippen LogP contribution in [0, 0.1) is 0 Å². The van der Waals surface area contributed by atoms with Crippen LogP contribution < -0.4 is 14.8 Å². The lowest BCUT2D eigenvalue weighted by atomic mass is 9.89. The molecule has 0 saturated heterocycles. The Bertz CT molecular complexity index is 711. The average molecular weight is 340 g/mol. The van der Waals surface area contributed by atoms with Crippen molar-refractivity contribution in [1.29, 1.82) is 0 Å². The van der Waals surface area contributed by atoms with Gasteiger partial charge in [0, 0.05) is 23.6 Å². The Labute approximate surface area is 137 Å². The minimum absolute atomic E-state index is 0.0446. The number of nitrogens with one attached hydrogen (secondary N) is 2. The average Bonchev–Trinajstić information content (AvgIpc) is 2.44. The van der Waals surface area contributed by atoms with Gasteiger partial charge >= 0.3 is 0 Å². The van der Waals surface area contributed by atoms with E-state index in [1.54, 1.807) is 18.2 Å². The number of ether oxygens (including phenoxy) is 1. The normalized spacial score (nSPS) is 19.8. The molecule has 0 radical (unpaired) electrons. The van der Waals surface area contributed by atoms with Crippen molar-refractivity contribution in [3.05, 3.63) is 29.3 Å². The predicted molar refractivity (Wildman–Crippen MR) is 89.1 cm³/mol. The Balaban J connectivity index is 2.33. The van der Waals surface area contributed by atoms with Gasteiger partial charge in [-0.3, -0.25) is 4.79 Å². The number of rotatable bonds is 4. The molecule has 2 N–H and O–H groups in total. The highest BCUT2D eigenvalue weighted by molar-refractivity contribution is 7.90. The highest BCUT2D eigenvalue weighted by atomic mass is 32.2. The molecule has 1 aliphatic heterocycles. The summed E-state index contributed by atoms with van der Waals surface area (Å²) < 4.78 is 31.7. The molecular formula is C16H24N2O4S. The summed E-state index contributed by atoms with van der Waals surface area (Å²) in [5.74, 6) is 0.0880. The molecule has 7 heteroatoms. The second-order valence-electron chi connectivity index (χ2n) is 6.68. The van der Waals surface area contributed by atoms with Gasteiger partial charge in [0.25, 0.3) is 5.91 Å². The van der Waals surface area contributed by atoms with E-state index in [0.717, 1.165) is 12.0 Å². The fourth-order valence-electron chi connectivity index (χ4n) is 2.56. The molecule has 23 heavy (non-hydrogen) atoms. The number of sulfonamides is 1. The van der Waals surface area contributed by atoms with E-state index < -0.39 is 21.2 Å². The van der Waals surface area contributed by atoms with Crippen LogP contribution in [0.5, 0.6) is 5.75 Å². The quantitative estimate of drug-likeness (QED) is 0.875. The molecule has 2 rings (SSSR count). The fourth-order valence-corrected chi connectivity index (χ4v) is 3.17. The zero-order chi connectivity index (χ0) is 17.4. The summed E-state index contributed by atoms with van der Waals surface area (Å²) in [6.45, 7) is 7.07. The maximum absolute atomic E-state index is 12.2. The second kappa shape index (κ2) is 6.13. The van der Waals surface area contributed by atoms with Gasteiger partial charge in [-0.25, -0.2) is 13.1 Å². The molecule has 128 valence electrons. The van der Waals surface area contributed by atoms with Gasteiger partial charge in [0.15, 0.2) is 0 Å². The van der Waals surface area contributed by atoms with E-state index in [9.17, 15) is 13.2 Å². The van der Waals surface area contributed by atoms with E-state index >= 15 is 0 Å². The third kappa shape index (κ3) is 3.84. The van der Waals surface area contributed by atoms with Crippen LogP contribution >= 0.6 is 0 Å². The Morgan fingerprint density at radius 3 is 2.57 bits per heavy atom. The van der Waals surface area contributed by atoms with E-state index in [4.69, 9.17) is 4.74 Å². The van der Waals surface area contributed by atoms with Crippen LogP contribution in [0.4, 0.5) is 0 Å². The van der Waals surface area contributed by atoms with Crippen molar-refractivity contribution in [3.63, 3.8) is 0 Å². The highest BCUT2D eigenvalue weighted by Gasteiger charge is 2.33. The van der Waals surface area contributed by atoms with Crippen molar-refractivity contribution in [2.24, 2.45) is 0 Å². The molecule has 6 nitrogen and oxygen atoms in total. The highest BCUT2D eigenvalue weighted by Crippen LogP contribution is 2.39. The summed E-state index contributed by atoms with van der Waals surface area (Å²) in [7, 11) is -1.80. The van der Waals surface area contributed by atoms with Crippen molar-refractivity contribution < 1.29 is 17.9 Å². The Hall–Kier alpha value is -1.60. The molecule has 0 aliphatic carbocycles. The molecule has 0 aromatic heterocycles. The largest absolute Gasteiger partial charge is 0.487 e. The summed E-state index contributed by atoms with van der Waals surface area (Å²) in [5.41, 5.74) is 0.865. The van der Waals surface area contributed by atoms with Crippen LogP contribution in [0.3, 0.4) is 0 Å². The van der Waals surface area contributed by atoms with E-state index in [2.05, 4.69) is 10.0 Å². The van der Waals surface area contributed by atoms with Crippen LogP contribution in [0.25, 0.3) is 0 Å². The topological polar surface area (TPSA) is 84.5 Å². The number of carbonyl (C=O) groups excluding carboxylic acids is 1. The Morgan fingerprint density at radius 2 is 2.00 bits per heavy atom. The lowest BCUT2D eigenvalue weighted by Gasteiger charge is -2.37. The van der Waals surface area contributed by atoms with Crippen molar-refractivity contribution in [2.45, 2.75) is 51.0 Å². The third-order valence-corrected chi connectivity index (χ3v) is 5.64. The lowest BCUT2D eigenvalue weighted by molar-refractivity contribution is 0.0675. The van der Waals surface area contributed by atoms with Crippen LogP contribution in [0.1, 0.15) is 56.1 Å². The van der Waals surface area contributed by atoms with Gasteiger partial charge in [-0.2, -0.15) is 0 Å². The molecule has 1 aromatic rings. The summed E-state index contributed by atoms with van der Waals surface area (Å²) in [5, 5.41) is 2.55. The molecular weight excluding hydrogens is 316 g/mol. The molecule has 1 atom stereocenters. The standard InChI is InChI=1S/C16H24N2O4S/c1-10(2)23(20,21)18-15(19)11-6-7-14-12(8-11)13(17-5)9-16(3,4)22-14/h6-8,10,13,17H,9H2,1-5H3,(H,18,19). The van der Waals surface area contributed by atoms with Crippen LogP contribution in [-0.2, 0) is 10.0 Å². The smallest absolute Gasteiger partial charge is 0.264 e. The van der Waals surface area contributed by atoms with Gasteiger partial charge < -0.3 is 10.1 Å². The monoisotopic (exact) mass is 340 g/mol. The molecule has 1 amide bonds. The number of amides is 1. The number of hydrogen-bond donors (Lipinski definition) is 2. The number of carbonyl (C=O) groups is 1. The number of benzene rings is 1. The van der Waals surface area contributed by atoms with Gasteiger partial charge in [0.2, 0.25) is 10.0 Å². The minimum atomic E-state index is -3.65. The predicted octanol–water partition coefficient (Wildman–Crippen LogP) is 1.98. The first-order valence-corrected chi connectivity index (χ1v) is 9.16. The van der Waals surface area contributed by atoms with Gasteiger partial charge in [-0.1, -0.05) is 0 Å². The van der Waals surface area contributed by atoms with Crippen molar-refractivity contribution in [1.82, 2.24) is 10.0 Å². The molecule has 1 heterocycles. The maximum Gasteiger partial charge on any atom is 0.264 e. The van der Waals surface area contributed by atoms with Gasteiger partial charge in [0.05, 0.1) is 5.25 Å². The molecule has 1 aromatic carbocycles. The summed E-state index contributed by atoms with van der Waals surface area (Å²) in [6.07, 6.45) is 0.756. The fraction of sp³-hybridized carbons (Fsp3) is 0.562. The van der Waals surface area contributed by atoms with E-state index in [1.807, 2.05) is 20.9 Å². The van der Waals surface area contributed by atoms with E-state index in [0.29, 0.717) is 11.3 Å². The third-order valence-electron chi connectivity index (χ3n) is 3.93. The molecule has 1 unspecified atom stereocenters. The van der Waals surface area contributed by atoms with Gasteiger partial charge in [0.1, 0.15) is 11.4 Å². The Kier molecular flexibility index (Phi) is 4.73. The molecule has 0 saturated carbocycles. The first kappa shape index (κ1) is 17.7. The van der Waals surface area contributed by atoms with Crippen molar-refractivity contribution >= 4 is 15.9 Å². The van der Waals surface area contributed by atoms with E-state index in [-0.39, 0.29) is 11.6 Å². The van der Waals surface area contributed by atoms with Gasteiger partial charge in [-0.05, 0) is 52.9 Å². The maximum atomic E-state index is 12.2. The van der Waals surface area contributed by atoms with Crippen LogP contribution in [0.2, 0.25) is 0 Å². The first-order chi connectivity index (χ1) is 10.6. The van der Waals surface area contributed by atoms with Crippen molar-refractivity contribution in [2.75, 3.05) is 7.05 Å². The van der Waals surface area contributed by atoms with Crippen LogP contribution in [0.15, 0.2) is 18.2 Å².